The zero-order valence-electron chi connectivity index (χ0n) is 37.5. The van der Waals surface area contributed by atoms with Gasteiger partial charge in [0.15, 0.2) is 11.6 Å². The van der Waals surface area contributed by atoms with Crippen molar-refractivity contribution in [1.82, 2.24) is 24.1 Å². The predicted molar refractivity (Wildman–Crippen MR) is 275 cm³/mol. The number of fused-ring (bicyclic) bond motifs is 10. The van der Waals surface area contributed by atoms with E-state index in [0.717, 1.165) is 73.1 Å². The summed E-state index contributed by atoms with van der Waals surface area (Å²) in [7, 11) is 0. The Morgan fingerprint density at radius 2 is 0.879 bits per heavy atom. The highest BCUT2D eigenvalue weighted by atomic mass is 15.2. The van der Waals surface area contributed by atoms with Gasteiger partial charge in [0.05, 0.1) is 22.1 Å². The zero-order valence-corrected chi connectivity index (χ0v) is 37.5. The van der Waals surface area contributed by atoms with Crippen molar-refractivity contribution < 1.29 is 0 Å². The molecule has 5 heteroatoms. The minimum Gasteiger partial charge on any atom is -0.307 e. The quantitative estimate of drug-likeness (QED) is 0.173. The van der Waals surface area contributed by atoms with Gasteiger partial charge in [0.1, 0.15) is 0 Å². The highest BCUT2D eigenvalue weighted by molar-refractivity contribution is 6.24. The molecule has 0 spiro atoms. The Balaban J connectivity index is 1.12. The lowest BCUT2D eigenvalue weighted by Gasteiger charge is -2.42. The average Bonchev–Trinajstić information content (AvgIpc) is 3.88. The molecule has 3 aromatic heterocycles. The van der Waals surface area contributed by atoms with Crippen LogP contribution in [0.4, 0.5) is 0 Å². The van der Waals surface area contributed by atoms with Crippen LogP contribution in [0.3, 0.4) is 0 Å². The largest absolute Gasteiger partial charge is 0.307 e. The maximum Gasteiger partial charge on any atom is 0.238 e. The molecule has 0 atom stereocenters. The Labute approximate surface area is 383 Å². The molecule has 0 fully saturated rings. The molecule has 0 N–H and O–H groups in total. The molecule has 1 aliphatic rings. The fourth-order valence-electron chi connectivity index (χ4n) is 10.9. The lowest BCUT2D eigenvalue weighted by Crippen LogP contribution is -2.33. The van der Waals surface area contributed by atoms with Crippen LogP contribution in [0.1, 0.15) is 51.7 Å². The summed E-state index contributed by atoms with van der Waals surface area (Å²) in [6.07, 6.45) is 2.30. The molecule has 0 unspecified atom stereocenters. The molecule has 66 heavy (non-hydrogen) atoms. The van der Waals surface area contributed by atoms with Crippen LogP contribution in [0.5, 0.6) is 0 Å². The topological polar surface area (TPSA) is 48.5 Å². The van der Waals surface area contributed by atoms with Crippen molar-refractivity contribution in [3.63, 3.8) is 0 Å². The van der Waals surface area contributed by atoms with Crippen LogP contribution in [0, 0.1) is 0 Å². The van der Waals surface area contributed by atoms with E-state index in [4.69, 9.17) is 15.0 Å². The number of hydrogen-bond acceptors (Lipinski definition) is 3. The van der Waals surface area contributed by atoms with Crippen molar-refractivity contribution in [2.75, 3.05) is 0 Å². The first-order valence-electron chi connectivity index (χ1n) is 23.1. The van der Waals surface area contributed by atoms with Crippen LogP contribution in [-0.4, -0.2) is 24.1 Å². The van der Waals surface area contributed by atoms with Crippen molar-refractivity contribution >= 4 is 65.2 Å². The Bertz CT molecular complexity index is 3930. The second-order valence-electron chi connectivity index (χ2n) is 19.6. The molecular weight excluding hydrogens is 803 g/mol. The standard InChI is InChI=1S/C61H47N5/c1-60(2)31-32-61(3,4)52-37-54-50(36-51(52)60)49-30-29-48-47-21-13-14-22-53(47)66(56(48)55(49)65(54)46-19-9-6-10-20-46)59-63-57(44-27-23-39-17-11-12-18-40(39)34-44)62-58(64-59)45-28-26-42-33-41(24-25-43(42)35-45)38-15-7-5-8-16-38/h5-30,33-37H,31-32H2,1-4H3. The van der Waals surface area contributed by atoms with Crippen LogP contribution in [-0.2, 0) is 10.8 Å². The van der Waals surface area contributed by atoms with Gasteiger partial charge in [-0.2, -0.15) is 9.97 Å². The van der Waals surface area contributed by atoms with Gasteiger partial charge in [-0.3, -0.25) is 4.57 Å². The highest BCUT2D eigenvalue weighted by Crippen LogP contribution is 2.50. The molecule has 0 bridgehead atoms. The van der Waals surface area contributed by atoms with Crippen LogP contribution >= 0.6 is 0 Å². The summed E-state index contributed by atoms with van der Waals surface area (Å²) in [6, 6.07) is 68.1. The lowest BCUT2D eigenvalue weighted by atomic mass is 9.63. The van der Waals surface area contributed by atoms with E-state index in [1.54, 1.807) is 0 Å². The smallest absolute Gasteiger partial charge is 0.238 e. The molecule has 0 saturated carbocycles. The molecular formula is C61H47N5. The first kappa shape index (κ1) is 38.6. The molecule has 0 amide bonds. The minimum atomic E-state index is 0.0502. The van der Waals surface area contributed by atoms with Gasteiger partial charge >= 0.3 is 0 Å². The molecule has 0 aliphatic heterocycles. The summed E-state index contributed by atoms with van der Waals surface area (Å²) in [5.41, 5.74) is 12.8. The Kier molecular flexibility index (Phi) is 8.36. The Hall–Kier alpha value is -7.89. The number of aromatic nitrogens is 5. The first-order chi connectivity index (χ1) is 32.2. The predicted octanol–water partition coefficient (Wildman–Crippen LogP) is 15.7. The van der Waals surface area contributed by atoms with Gasteiger partial charge in [-0.1, -0.05) is 167 Å². The van der Waals surface area contributed by atoms with Crippen LogP contribution in [0.15, 0.2) is 188 Å². The molecule has 12 aromatic rings. The van der Waals surface area contributed by atoms with Gasteiger partial charge < -0.3 is 4.57 Å². The average molecular weight is 850 g/mol. The Morgan fingerprint density at radius 3 is 1.58 bits per heavy atom. The van der Waals surface area contributed by atoms with E-state index in [1.165, 1.54) is 43.9 Å². The number of nitrogens with zero attached hydrogens (tertiary/aromatic N) is 5. The molecule has 3 heterocycles. The SMILES string of the molecule is CC1(C)CCC(C)(C)c2cc3c(cc21)c1ccc2c4ccccc4n(-c4nc(-c5ccc6ccccc6c5)nc(-c5ccc6cc(-c7ccccc7)ccc6c5)n4)c2c1n3-c1ccccc1. The summed E-state index contributed by atoms with van der Waals surface area (Å²) in [4.78, 5) is 16.3. The van der Waals surface area contributed by atoms with Gasteiger partial charge in [0, 0.05) is 38.4 Å². The summed E-state index contributed by atoms with van der Waals surface area (Å²) < 4.78 is 4.81. The van der Waals surface area contributed by atoms with E-state index in [1.807, 2.05) is 0 Å². The number of rotatable bonds is 5. The van der Waals surface area contributed by atoms with Gasteiger partial charge in [-0.15, -0.1) is 0 Å². The van der Waals surface area contributed by atoms with Crippen molar-refractivity contribution in [2.24, 2.45) is 0 Å². The summed E-state index contributed by atoms with van der Waals surface area (Å²) in [5.74, 6) is 1.82. The summed E-state index contributed by atoms with van der Waals surface area (Å²) in [6.45, 7) is 9.67. The molecule has 316 valence electrons. The third kappa shape index (κ3) is 5.96. The van der Waals surface area contributed by atoms with Crippen molar-refractivity contribution in [2.45, 2.75) is 51.4 Å². The zero-order chi connectivity index (χ0) is 44.3. The van der Waals surface area contributed by atoms with Gasteiger partial charge in [-0.05, 0) is 116 Å². The second kappa shape index (κ2) is 14.3. The van der Waals surface area contributed by atoms with E-state index < -0.39 is 0 Å². The van der Waals surface area contributed by atoms with Crippen LogP contribution in [0.2, 0.25) is 0 Å². The van der Waals surface area contributed by atoms with Gasteiger partial charge in [0.2, 0.25) is 5.95 Å². The van der Waals surface area contributed by atoms with Gasteiger partial charge in [0.25, 0.3) is 0 Å². The lowest BCUT2D eigenvalue weighted by molar-refractivity contribution is 0.332. The molecule has 9 aromatic carbocycles. The van der Waals surface area contributed by atoms with Crippen molar-refractivity contribution in [3.8, 4) is 45.5 Å². The van der Waals surface area contributed by atoms with Crippen molar-refractivity contribution in [1.29, 1.82) is 0 Å². The maximum absolute atomic E-state index is 5.50. The van der Waals surface area contributed by atoms with E-state index >= 15 is 0 Å². The van der Waals surface area contributed by atoms with Crippen molar-refractivity contribution in [3.05, 3.63) is 199 Å². The molecule has 0 radical (unpaired) electrons. The fraction of sp³-hybridized carbons (Fsp3) is 0.131. The van der Waals surface area contributed by atoms with E-state index in [9.17, 15) is 0 Å². The van der Waals surface area contributed by atoms with E-state index in [2.05, 4.69) is 225 Å². The number of para-hydroxylation sites is 2. The van der Waals surface area contributed by atoms with Crippen LogP contribution < -0.4 is 0 Å². The van der Waals surface area contributed by atoms with E-state index in [-0.39, 0.29) is 10.8 Å². The third-order valence-corrected chi connectivity index (χ3v) is 14.6. The van der Waals surface area contributed by atoms with Crippen LogP contribution in [0.25, 0.3) is 111 Å². The number of benzene rings is 9. The molecule has 0 saturated heterocycles. The molecule has 13 rings (SSSR count). The monoisotopic (exact) mass is 849 g/mol. The fourth-order valence-corrected chi connectivity index (χ4v) is 10.9. The normalized spacial score (nSPS) is 14.5. The second-order valence-corrected chi connectivity index (χ2v) is 19.6. The highest BCUT2D eigenvalue weighted by Gasteiger charge is 2.38. The maximum atomic E-state index is 5.50. The third-order valence-electron chi connectivity index (χ3n) is 14.6. The first-order valence-corrected chi connectivity index (χ1v) is 23.1. The Morgan fingerprint density at radius 1 is 0.364 bits per heavy atom. The van der Waals surface area contributed by atoms with Gasteiger partial charge in [-0.25, -0.2) is 4.98 Å². The summed E-state index contributed by atoms with van der Waals surface area (Å²) >= 11 is 0. The molecule has 5 nitrogen and oxygen atoms in total. The van der Waals surface area contributed by atoms with E-state index in [0.29, 0.717) is 17.6 Å². The minimum absolute atomic E-state index is 0.0502. The molecule has 1 aliphatic carbocycles. The number of hydrogen-bond donors (Lipinski definition) is 0. The summed E-state index contributed by atoms with van der Waals surface area (Å²) in [5, 5.41) is 9.37.